The highest BCUT2D eigenvalue weighted by molar-refractivity contribution is 6.74. The average molecular weight is 383 g/mol. The van der Waals surface area contributed by atoms with Gasteiger partial charge < -0.3 is 19.0 Å². The monoisotopic (exact) mass is 382 g/mol. The molecule has 0 aromatic heterocycles. The molecule has 0 fully saturated rings. The molecule has 1 rings (SSSR count). The molecule has 1 aromatic carbocycles. The summed E-state index contributed by atoms with van der Waals surface area (Å²) in [5.74, 6) is 1.00. The molecule has 0 bridgehead atoms. The zero-order valence-corrected chi connectivity index (χ0v) is 18.7. The molecule has 0 aliphatic heterocycles. The van der Waals surface area contributed by atoms with E-state index in [0.717, 1.165) is 24.2 Å². The molecule has 0 saturated heterocycles. The van der Waals surface area contributed by atoms with Crippen molar-refractivity contribution >= 4 is 8.32 Å². The molecule has 0 aliphatic carbocycles. The van der Waals surface area contributed by atoms with Gasteiger partial charge in [0.2, 0.25) is 0 Å². The van der Waals surface area contributed by atoms with Crippen LogP contribution >= 0.6 is 0 Å². The van der Waals surface area contributed by atoms with E-state index >= 15 is 0 Å². The summed E-state index contributed by atoms with van der Waals surface area (Å²) in [5.41, 5.74) is 1.14. The van der Waals surface area contributed by atoms with Crippen LogP contribution in [0, 0.1) is 5.92 Å². The minimum Gasteiger partial charge on any atom is -0.497 e. The highest BCUT2D eigenvalue weighted by Gasteiger charge is 2.39. The number of aliphatic hydroxyl groups is 1. The summed E-state index contributed by atoms with van der Waals surface area (Å²) in [6.07, 6.45) is 1.93. The largest absolute Gasteiger partial charge is 0.497 e. The summed E-state index contributed by atoms with van der Waals surface area (Å²) in [6, 6.07) is 7.95. The van der Waals surface area contributed by atoms with Crippen LogP contribution in [0.2, 0.25) is 18.1 Å². The molecular weight excluding hydrogens is 344 g/mol. The molecule has 0 amide bonds. The molecule has 0 unspecified atom stereocenters. The Morgan fingerprint density at radius 2 is 1.73 bits per heavy atom. The summed E-state index contributed by atoms with van der Waals surface area (Å²) < 4.78 is 17.5. The summed E-state index contributed by atoms with van der Waals surface area (Å²) in [6.45, 7) is 14.8. The van der Waals surface area contributed by atoms with E-state index in [2.05, 4.69) is 40.8 Å². The number of benzene rings is 1. The van der Waals surface area contributed by atoms with E-state index in [4.69, 9.17) is 13.9 Å². The lowest BCUT2D eigenvalue weighted by Crippen LogP contribution is -2.46. The van der Waals surface area contributed by atoms with Gasteiger partial charge in [-0.2, -0.15) is 0 Å². The molecular formula is C21H38O4Si. The Kier molecular flexibility index (Phi) is 9.31. The summed E-state index contributed by atoms with van der Waals surface area (Å²) in [5, 5.41) is 9.76. The van der Waals surface area contributed by atoms with Crippen LogP contribution in [0.3, 0.4) is 0 Å². The molecule has 5 heteroatoms. The maximum Gasteiger partial charge on any atom is 0.192 e. The number of ether oxygens (including phenoxy) is 2. The Balaban J connectivity index is 2.44. The second-order valence-corrected chi connectivity index (χ2v) is 13.4. The van der Waals surface area contributed by atoms with Gasteiger partial charge in [-0.25, -0.2) is 0 Å². The lowest BCUT2D eigenvalue weighted by atomic mass is 10.0. The SMILES string of the molecule is COc1ccc(COCCC[C@H](O[Si](C)(C)C(C)(C)C)[C@@H](C)CO)cc1. The lowest BCUT2D eigenvalue weighted by Gasteiger charge is -2.40. The van der Waals surface area contributed by atoms with Gasteiger partial charge >= 0.3 is 0 Å². The molecule has 0 aliphatic rings. The summed E-state index contributed by atoms with van der Waals surface area (Å²) in [4.78, 5) is 0. The van der Waals surface area contributed by atoms with Gasteiger partial charge in [-0.15, -0.1) is 0 Å². The predicted molar refractivity (Wildman–Crippen MR) is 110 cm³/mol. The van der Waals surface area contributed by atoms with Crippen LogP contribution in [0.25, 0.3) is 0 Å². The first kappa shape index (κ1) is 23.2. The van der Waals surface area contributed by atoms with Gasteiger partial charge in [0.05, 0.1) is 13.7 Å². The van der Waals surface area contributed by atoms with Crippen molar-refractivity contribution < 1.29 is 19.0 Å². The van der Waals surface area contributed by atoms with E-state index in [1.807, 2.05) is 24.3 Å². The molecule has 0 saturated carbocycles. The molecule has 1 N–H and O–H groups in total. The zero-order valence-electron chi connectivity index (χ0n) is 17.7. The first-order chi connectivity index (χ1) is 12.1. The number of hydrogen-bond acceptors (Lipinski definition) is 4. The molecule has 0 radical (unpaired) electrons. The number of methoxy groups -OCH3 is 1. The highest BCUT2D eigenvalue weighted by Crippen LogP contribution is 2.38. The van der Waals surface area contributed by atoms with Crippen LogP contribution in [0.1, 0.15) is 46.1 Å². The van der Waals surface area contributed by atoms with Crippen molar-refractivity contribution in [2.75, 3.05) is 20.3 Å². The van der Waals surface area contributed by atoms with Crippen LogP contribution in [-0.4, -0.2) is 39.9 Å². The van der Waals surface area contributed by atoms with Crippen LogP contribution < -0.4 is 4.74 Å². The van der Waals surface area contributed by atoms with Gasteiger partial charge in [0.1, 0.15) is 5.75 Å². The van der Waals surface area contributed by atoms with Crippen molar-refractivity contribution in [2.45, 2.75) is 71.4 Å². The fraction of sp³-hybridized carbons (Fsp3) is 0.714. The van der Waals surface area contributed by atoms with Crippen LogP contribution in [0.15, 0.2) is 24.3 Å². The maximum atomic E-state index is 9.59. The molecule has 1 aromatic rings. The third kappa shape index (κ3) is 7.39. The quantitative estimate of drug-likeness (QED) is 0.432. The fourth-order valence-electron chi connectivity index (χ4n) is 2.43. The number of aliphatic hydroxyl groups excluding tert-OH is 1. The minimum atomic E-state index is -1.84. The molecule has 0 heterocycles. The van der Waals surface area contributed by atoms with Crippen molar-refractivity contribution in [3.63, 3.8) is 0 Å². The Morgan fingerprint density at radius 3 is 2.23 bits per heavy atom. The van der Waals surface area contributed by atoms with Gasteiger partial charge in [0, 0.05) is 25.2 Å². The summed E-state index contributed by atoms with van der Waals surface area (Å²) >= 11 is 0. The lowest BCUT2D eigenvalue weighted by molar-refractivity contribution is 0.0605. The van der Waals surface area contributed by atoms with Gasteiger partial charge in [-0.1, -0.05) is 39.8 Å². The standard InChI is InChI=1S/C21H38O4Si/c1-17(15-22)20(25-26(6,7)21(2,3)4)9-8-14-24-16-18-10-12-19(23-5)13-11-18/h10-13,17,20,22H,8-9,14-16H2,1-7H3/t17-,20-/m0/s1. The third-order valence-electron chi connectivity index (χ3n) is 5.38. The first-order valence-electron chi connectivity index (χ1n) is 9.60. The molecule has 26 heavy (non-hydrogen) atoms. The number of rotatable bonds is 11. The summed E-state index contributed by atoms with van der Waals surface area (Å²) in [7, 11) is -0.173. The minimum absolute atomic E-state index is 0.0884. The van der Waals surface area contributed by atoms with Gasteiger partial charge in [-0.3, -0.25) is 0 Å². The van der Waals surface area contributed by atoms with E-state index in [0.29, 0.717) is 13.2 Å². The van der Waals surface area contributed by atoms with Gasteiger partial charge in [-0.05, 0) is 48.7 Å². The molecule has 2 atom stereocenters. The van der Waals surface area contributed by atoms with E-state index < -0.39 is 8.32 Å². The second-order valence-electron chi connectivity index (χ2n) is 8.62. The highest BCUT2D eigenvalue weighted by atomic mass is 28.4. The van der Waals surface area contributed by atoms with E-state index in [9.17, 15) is 5.11 Å². The average Bonchev–Trinajstić information content (AvgIpc) is 2.59. The second kappa shape index (κ2) is 10.5. The molecule has 0 spiro atoms. The number of hydrogen-bond donors (Lipinski definition) is 1. The van der Waals surface area contributed by atoms with E-state index in [-0.39, 0.29) is 23.7 Å². The predicted octanol–water partition coefficient (Wildman–Crippen LogP) is 5.01. The Morgan fingerprint density at radius 1 is 1.12 bits per heavy atom. The first-order valence-corrected chi connectivity index (χ1v) is 12.5. The third-order valence-corrected chi connectivity index (χ3v) is 9.88. The Bertz CT molecular complexity index is 508. The van der Waals surface area contributed by atoms with E-state index in [1.165, 1.54) is 0 Å². The van der Waals surface area contributed by atoms with Crippen molar-refractivity contribution in [2.24, 2.45) is 5.92 Å². The van der Waals surface area contributed by atoms with Crippen LogP contribution in [0.4, 0.5) is 0 Å². The van der Waals surface area contributed by atoms with E-state index in [1.54, 1.807) is 7.11 Å². The van der Waals surface area contributed by atoms with Crippen molar-refractivity contribution in [1.82, 2.24) is 0 Å². The zero-order chi connectivity index (χ0) is 19.8. The smallest absolute Gasteiger partial charge is 0.192 e. The van der Waals surface area contributed by atoms with Gasteiger partial charge in [0.15, 0.2) is 8.32 Å². The normalized spacial score (nSPS) is 14.9. The van der Waals surface area contributed by atoms with Crippen LogP contribution in [-0.2, 0) is 15.8 Å². The molecule has 150 valence electrons. The maximum absolute atomic E-state index is 9.59. The Hall–Kier alpha value is -0.883. The Labute approximate surface area is 161 Å². The van der Waals surface area contributed by atoms with Crippen molar-refractivity contribution in [3.05, 3.63) is 29.8 Å². The van der Waals surface area contributed by atoms with Crippen LogP contribution in [0.5, 0.6) is 5.75 Å². The fourth-order valence-corrected chi connectivity index (χ4v) is 3.89. The van der Waals surface area contributed by atoms with Crippen molar-refractivity contribution in [1.29, 1.82) is 0 Å². The van der Waals surface area contributed by atoms with Crippen molar-refractivity contribution in [3.8, 4) is 5.75 Å². The topological polar surface area (TPSA) is 47.9 Å². The molecule has 4 nitrogen and oxygen atoms in total. The van der Waals surface area contributed by atoms with Gasteiger partial charge in [0.25, 0.3) is 0 Å².